The summed E-state index contributed by atoms with van der Waals surface area (Å²) in [5.74, 6) is -1.24. The zero-order valence-corrected chi connectivity index (χ0v) is 14.5. The zero-order valence-electron chi connectivity index (χ0n) is 13.7. The standard InChI is InChI=1S/C17H21N3O3S/c1-13-3-5-16(6-4-13)20-24(22,23)12-14(2)17(21)19-11-15-7-9-18-10-8-15/h3-10,14,20H,11-12H2,1-2H3,(H,19,21). The molecule has 0 saturated heterocycles. The van der Waals surface area contributed by atoms with Crippen molar-refractivity contribution in [1.82, 2.24) is 10.3 Å². The molecule has 2 N–H and O–H groups in total. The number of anilines is 1. The number of benzene rings is 1. The highest BCUT2D eigenvalue weighted by Gasteiger charge is 2.21. The number of hydrogen-bond acceptors (Lipinski definition) is 4. The maximum atomic E-state index is 12.2. The average molecular weight is 347 g/mol. The summed E-state index contributed by atoms with van der Waals surface area (Å²) in [6.45, 7) is 3.86. The number of aromatic nitrogens is 1. The van der Waals surface area contributed by atoms with Crippen molar-refractivity contribution in [2.45, 2.75) is 20.4 Å². The molecule has 128 valence electrons. The molecule has 2 aromatic rings. The molecule has 1 aromatic heterocycles. The predicted molar refractivity (Wildman–Crippen MR) is 93.8 cm³/mol. The number of pyridine rings is 1. The summed E-state index contributed by atoms with van der Waals surface area (Å²) in [6, 6.07) is 10.6. The van der Waals surface area contributed by atoms with Crippen molar-refractivity contribution < 1.29 is 13.2 Å². The molecule has 0 spiro atoms. The third kappa shape index (κ3) is 5.66. The number of rotatable bonds is 7. The van der Waals surface area contributed by atoms with E-state index in [9.17, 15) is 13.2 Å². The van der Waals surface area contributed by atoms with E-state index in [1.807, 2.05) is 19.1 Å². The molecule has 1 amide bonds. The number of carbonyl (C=O) groups is 1. The van der Waals surface area contributed by atoms with Crippen LogP contribution < -0.4 is 10.0 Å². The Morgan fingerprint density at radius 3 is 2.38 bits per heavy atom. The first-order valence-electron chi connectivity index (χ1n) is 7.59. The molecular weight excluding hydrogens is 326 g/mol. The summed E-state index contributed by atoms with van der Waals surface area (Å²) in [4.78, 5) is 16.0. The number of amides is 1. The lowest BCUT2D eigenvalue weighted by atomic mass is 10.2. The third-order valence-electron chi connectivity index (χ3n) is 3.46. The minimum Gasteiger partial charge on any atom is -0.352 e. The Balaban J connectivity index is 1.88. The minimum absolute atomic E-state index is 0.275. The maximum absolute atomic E-state index is 12.2. The Morgan fingerprint density at radius 1 is 1.12 bits per heavy atom. The van der Waals surface area contributed by atoms with Crippen LogP contribution in [-0.2, 0) is 21.4 Å². The van der Waals surface area contributed by atoms with Crippen LogP contribution in [0, 0.1) is 12.8 Å². The van der Waals surface area contributed by atoms with Crippen LogP contribution in [0.2, 0.25) is 0 Å². The van der Waals surface area contributed by atoms with Crippen LogP contribution in [0.15, 0.2) is 48.8 Å². The molecule has 2 rings (SSSR count). The van der Waals surface area contributed by atoms with Crippen molar-refractivity contribution in [1.29, 1.82) is 0 Å². The number of carbonyl (C=O) groups excluding carboxylic acids is 1. The van der Waals surface area contributed by atoms with E-state index in [4.69, 9.17) is 0 Å². The van der Waals surface area contributed by atoms with Gasteiger partial charge in [-0.1, -0.05) is 24.6 Å². The summed E-state index contributed by atoms with van der Waals surface area (Å²) in [5, 5.41) is 2.73. The zero-order chi connectivity index (χ0) is 17.6. The first kappa shape index (κ1) is 17.9. The second-order valence-electron chi connectivity index (χ2n) is 5.72. The van der Waals surface area contributed by atoms with Gasteiger partial charge in [-0.15, -0.1) is 0 Å². The van der Waals surface area contributed by atoms with Crippen molar-refractivity contribution in [3.8, 4) is 0 Å². The second kappa shape index (κ2) is 7.92. The van der Waals surface area contributed by atoms with Crippen LogP contribution in [-0.4, -0.2) is 25.1 Å². The molecule has 1 unspecified atom stereocenters. The molecule has 7 heteroatoms. The maximum Gasteiger partial charge on any atom is 0.233 e. The van der Waals surface area contributed by atoms with Crippen molar-refractivity contribution in [3.05, 3.63) is 59.9 Å². The molecule has 1 heterocycles. The van der Waals surface area contributed by atoms with E-state index in [0.717, 1.165) is 11.1 Å². The van der Waals surface area contributed by atoms with Gasteiger partial charge in [-0.05, 0) is 36.8 Å². The average Bonchev–Trinajstić information content (AvgIpc) is 2.55. The van der Waals surface area contributed by atoms with E-state index in [1.54, 1.807) is 43.6 Å². The van der Waals surface area contributed by atoms with Gasteiger partial charge in [-0.3, -0.25) is 14.5 Å². The van der Waals surface area contributed by atoms with Gasteiger partial charge in [0.1, 0.15) is 0 Å². The number of nitrogens with zero attached hydrogens (tertiary/aromatic N) is 1. The van der Waals surface area contributed by atoms with E-state index in [2.05, 4.69) is 15.0 Å². The fraction of sp³-hybridized carbons (Fsp3) is 0.294. The number of sulfonamides is 1. The molecule has 0 radical (unpaired) electrons. The van der Waals surface area contributed by atoms with Gasteiger partial charge in [0, 0.05) is 24.6 Å². The van der Waals surface area contributed by atoms with Gasteiger partial charge in [-0.2, -0.15) is 0 Å². The molecule has 24 heavy (non-hydrogen) atoms. The molecule has 1 aromatic carbocycles. The molecule has 0 fully saturated rings. The summed E-state index contributed by atoms with van der Waals surface area (Å²) in [5.41, 5.74) is 2.44. The summed E-state index contributed by atoms with van der Waals surface area (Å²) >= 11 is 0. The highest BCUT2D eigenvalue weighted by molar-refractivity contribution is 7.92. The normalized spacial score (nSPS) is 12.4. The second-order valence-corrected chi connectivity index (χ2v) is 7.49. The van der Waals surface area contributed by atoms with Crippen molar-refractivity contribution >= 4 is 21.6 Å². The number of hydrogen-bond donors (Lipinski definition) is 2. The first-order chi connectivity index (χ1) is 11.4. The van der Waals surface area contributed by atoms with Gasteiger partial charge >= 0.3 is 0 Å². The van der Waals surface area contributed by atoms with Crippen molar-refractivity contribution in [2.24, 2.45) is 5.92 Å². The SMILES string of the molecule is Cc1ccc(NS(=O)(=O)CC(C)C(=O)NCc2ccncc2)cc1. The molecule has 0 aliphatic carbocycles. The smallest absolute Gasteiger partial charge is 0.233 e. The first-order valence-corrected chi connectivity index (χ1v) is 9.25. The van der Waals surface area contributed by atoms with Gasteiger partial charge in [0.25, 0.3) is 0 Å². The Labute approximate surface area is 142 Å². The van der Waals surface area contributed by atoms with E-state index < -0.39 is 15.9 Å². The summed E-state index contributed by atoms with van der Waals surface area (Å²) in [6.07, 6.45) is 3.28. The van der Waals surface area contributed by atoms with Gasteiger partial charge in [0.05, 0.1) is 11.7 Å². The van der Waals surface area contributed by atoms with Gasteiger partial charge in [0.15, 0.2) is 0 Å². The summed E-state index contributed by atoms with van der Waals surface area (Å²) < 4.78 is 26.8. The molecule has 0 aliphatic heterocycles. The van der Waals surface area contributed by atoms with Crippen LogP contribution >= 0.6 is 0 Å². The number of aryl methyl sites for hydroxylation is 1. The minimum atomic E-state index is -3.60. The monoisotopic (exact) mass is 347 g/mol. The molecular formula is C17H21N3O3S. The van der Waals surface area contributed by atoms with E-state index in [1.165, 1.54) is 0 Å². The topological polar surface area (TPSA) is 88.2 Å². The molecule has 1 atom stereocenters. The van der Waals surface area contributed by atoms with Crippen LogP contribution in [0.25, 0.3) is 0 Å². The Morgan fingerprint density at radius 2 is 1.75 bits per heavy atom. The molecule has 0 bridgehead atoms. The van der Waals surface area contributed by atoms with Gasteiger partial charge in [0.2, 0.25) is 15.9 Å². The van der Waals surface area contributed by atoms with E-state index in [0.29, 0.717) is 12.2 Å². The fourth-order valence-electron chi connectivity index (χ4n) is 2.11. The lowest BCUT2D eigenvalue weighted by molar-refractivity contribution is -0.124. The fourth-order valence-corrected chi connectivity index (χ4v) is 3.50. The number of nitrogens with one attached hydrogen (secondary N) is 2. The van der Waals surface area contributed by atoms with Crippen LogP contribution in [0.4, 0.5) is 5.69 Å². The highest BCUT2D eigenvalue weighted by atomic mass is 32.2. The summed E-state index contributed by atoms with van der Waals surface area (Å²) in [7, 11) is -3.60. The Kier molecular flexibility index (Phi) is 5.92. The van der Waals surface area contributed by atoms with E-state index >= 15 is 0 Å². The van der Waals surface area contributed by atoms with Crippen LogP contribution in [0.1, 0.15) is 18.1 Å². The quantitative estimate of drug-likeness (QED) is 0.803. The molecule has 6 nitrogen and oxygen atoms in total. The lowest BCUT2D eigenvalue weighted by Crippen LogP contribution is -2.34. The highest BCUT2D eigenvalue weighted by Crippen LogP contribution is 2.12. The van der Waals surface area contributed by atoms with Gasteiger partial charge < -0.3 is 5.32 Å². The largest absolute Gasteiger partial charge is 0.352 e. The van der Waals surface area contributed by atoms with Gasteiger partial charge in [-0.25, -0.2) is 8.42 Å². The van der Waals surface area contributed by atoms with E-state index in [-0.39, 0.29) is 11.7 Å². The van der Waals surface area contributed by atoms with Crippen LogP contribution in [0.3, 0.4) is 0 Å². The Hall–Kier alpha value is -2.41. The molecule has 0 saturated carbocycles. The van der Waals surface area contributed by atoms with Crippen LogP contribution in [0.5, 0.6) is 0 Å². The van der Waals surface area contributed by atoms with Crippen molar-refractivity contribution in [3.63, 3.8) is 0 Å². The third-order valence-corrected chi connectivity index (χ3v) is 4.94. The Bertz CT molecular complexity index is 774. The molecule has 0 aliphatic rings. The lowest BCUT2D eigenvalue weighted by Gasteiger charge is -2.14. The predicted octanol–water partition coefficient (Wildman–Crippen LogP) is 2.08. The van der Waals surface area contributed by atoms with Crippen molar-refractivity contribution in [2.75, 3.05) is 10.5 Å².